The van der Waals surface area contributed by atoms with Crippen LogP contribution in [0.3, 0.4) is 0 Å². The Morgan fingerprint density at radius 3 is 2.43 bits per heavy atom. The molecule has 2 amide bonds. The van der Waals surface area contributed by atoms with E-state index in [2.05, 4.69) is 35.3 Å². The molecule has 188 valence electrons. The van der Waals surface area contributed by atoms with Gasteiger partial charge in [-0.2, -0.15) is 0 Å². The maximum absolute atomic E-state index is 14.3. The fraction of sp³-hybridized carbons (Fsp3) is 0.185. The number of pyridine rings is 2. The summed E-state index contributed by atoms with van der Waals surface area (Å²) in [5, 5.41) is 5.37. The number of alkyl halides is 1. The highest BCUT2D eigenvalue weighted by Crippen LogP contribution is 2.28. The number of amides is 2. The molecule has 4 rings (SSSR count). The second-order valence-corrected chi connectivity index (χ2v) is 8.70. The Morgan fingerprint density at radius 2 is 1.68 bits per heavy atom. The van der Waals surface area contributed by atoms with Crippen LogP contribution in [-0.4, -0.2) is 39.0 Å². The molecule has 0 bridgehead atoms. The average molecular weight is 501 g/mol. The summed E-state index contributed by atoms with van der Waals surface area (Å²) in [5.74, 6) is 0.350. The lowest BCUT2D eigenvalue weighted by atomic mass is 10.0. The molecule has 3 heterocycles. The Hall–Kier alpha value is -4.73. The normalized spacial score (nSPS) is 11.1. The molecule has 37 heavy (non-hydrogen) atoms. The number of nitrogens with one attached hydrogen (secondary N) is 2. The standard InChI is InChI=1S/C27H25FN6O3/c1-16-5-6-19(32-25(35)18-8-10-29-22(13-18)27(2,3)28)15-20(16)21-9-12-31-24(33-21)17-7-11-30-23(14-17)34-26(36)37-4/h5-15H,1-4H3,(H,32,35)(H,30,34,36). The maximum Gasteiger partial charge on any atom is 0.412 e. The van der Waals surface area contributed by atoms with Gasteiger partial charge in [-0.25, -0.2) is 24.1 Å². The van der Waals surface area contributed by atoms with Crippen molar-refractivity contribution in [2.75, 3.05) is 17.7 Å². The van der Waals surface area contributed by atoms with Crippen LogP contribution in [0, 0.1) is 6.92 Å². The third kappa shape index (κ3) is 6.10. The molecule has 9 nitrogen and oxygen atoms in total. The van der Waals surface area contributed by atoms with E-state index < -0.39 is 11.8 Å². The summed E-state index contributed by atoms with van der Waals surface area (Å²) in [7, 11) is 1.27. The maximum atomic E-state index is 14.3. The number of carbonyl (C=O) groups is 2. The zero-order valence-electron chi connectivity index (χ0n) is 20.7. The molecule has 0 spiro atoms. The van der Waals surface area contributed by atoms with Gasteiger partial charge in [-0.1, -0.05) is 6.07 Å². The highest BCUT2D eigenvalue weighted by molar-refractivity contribution is 6.04. The lowest BCUT2D eigenvalue weighted by molar-refractivity contribution is 0.102. The van der Waals surface area contributed by atoms with Crippen molar-refractivity contribution in [2.24, 2.45) is 0 Å². The number of anilines is 2. The zero-order chi connectivity index (χ0) is 26.6. The van der Waals surface area contributed by atoms with E-state index in [0.29, 0.717) is 34.2 Å². The van der Waals surface area contributed by atoms with E-state index in [4.69, 9.17) is 0 Å². The predicted octanol–water partition coefficient (Wildman–Crippen LogP) is 5.54. The van der Waals surface area contributed by atoms with E-state index in [1.807, 2.05) is 19.1 Å². The van der Waals surface area contributed by atoms with Gasteiger partial charge >= 0.3 is 6.09 Å². The molecule has 0 atom stereocenters. The third-order valence-corrected chi connectivity index (χ3v) is 5.49. The van der Waals surface area contributed by atoms with E-state index in [1.54, 1.807) is 30.5 Å². The molecule has 10 heteroatoms. The van der Waals surface area contributed by atoms with Gasteiger partial charge in [-0.15, -0.1) is 0 Å². The van der Waals surface area contributed by atoms with E-state index in [-0.39, 0.29) is 11.6 Å². The minimum absolute atomic E-state index is 0.180. The minimum atomic E-state index is -1.66. The molecule has 3 aromatic heterocycles. The largest absolute Gasteiger partial charge is 0.453 e. The summed E-state index contributed by atoms with van der Waals surface area (Å²) < 4.78 is 18.9. The van der Waals surface area contributed by atoms with Crippen molar-refractivity contribution in [3.63, 3.8) is 0 Å². The summed E-state index contributed by atoms with van der Waals surface area (Å²) in [4.78, 5) is 41.5. The van der Waals surface area contributed by atoms with Crippen LogP contribution in [-0.2, 0) is 10.4 Å². The van der Waals surface area contributed by atoms with Gasteiger partial charge in [0.15, 0.2) is 5.82 Å². The Labute approximate surface area is 213 Å². The highest BCUT2D eigenvalue weighted by Gasteiger charge is 2.22. The molecule has 0 saturated heterocycles. The number of rotatable bonds is 6. The fourth-order valence-electron chi connectivity index (χ4n) is 3.52. The fourth-order valence-corrected chi connectivity index (χ4v) is 3.52. The first-order valence-corrected chi connectivity index (χ1v) is 11.4. The van der Waals surface area contributed by atoms with Crippen LogP contribution in [0.1, 0.15) is 35.5 Å². The second-order valence-electron chi connectivity index (χ2n) is 8.70. The number of nitrogens with zero attached hydrogens (tertiary/aromatic N) is 4. The molecular weight excluding hydrogens is 475 g/mol. The molecule has 0 aliphatic heterocycles. The van der Waals surface area contributed by atoms with Gasteiger partial charge in [0.1, 0.15) is 11.5 Å². The van der Waals surface area contributed by atoms with Gasteiger partial charge in [-0.3, -0.25) is 15.1 Å². The number of hydrogen-bond donors (Lipinski definition) is 2. The lowest BCUT2D eigenvalue weighted by Crippen LogP contribution is -2.16. The first-order chi connectivity index (χ1) is 17.6. The molecule has 0 aliphatic rings. The number of aryl methyl sites for hydroxylation is 1. The predicted molar refractivity (Wildman–Crippen MR) is 138 cm³/mol. The van der Waals surface area contributed by atoms with Gasteiger partial charge in [0.2, 0.25) is 0 Å². The van der Waals surface area contributed by atoms with E-state index >= 15 is 0 Å². The first kappa shape index (κ1) is 25.4. The number of benzene rings is 1. The van der Waals surface area contributed by atoms with Gasteiger partial charge in [0, 0.05) is 41.0 Å². The third-order valence-electron chi connectivity index (χ3n) is 5.49. The Kier molecular flexibility index (Phi) is 7.19. The summed E-state index contributed by atoms with van der Waals surface area (Å²) in [6.45, 7) is 4.72. The van der Waals surface area contributed by atoms with E-state index in [1.165, 1.54) is 45.5 Å². The molecule has 0 saturated carbocycles. The van der Waals surface area contributed by atoms with Gasteiger partial charge in [0.25, 0.3) is 5.91 Å². The van der Waals surface area contributed by atoms with Crippen molar-refractivity contribution in [1.29, 1.82) is 0 Å². The molecule has 0 unspecified atom stereocenters. The van der Waals surface area contributed by atoms with E-state index in [0.717, 1.165) is 11.1 Å². The van der Waals surface area contributed by atoms with Crippen LogP contribution in [0.25, 0.3) is 22.6 Å². The lowest BCUT2D eigenvalue weighted by Gasteiger charge is -2.14. The molecule has 0 radical (unpaired) electrons. The molecule has 0 fully saturated rings. The molecule has 4 aromatic rings. The van der Waals surface area contributed by atoms with Crippen LogP contribution in [0.5, 0.6) is 0 Å². The quantitative estimate of drug-likeness (QED) is 0.356. The van der Waals surface area contributed by atoms with Crippen LogP contribution >= 0.6 is 0 Å². The number of carbonyl (C=O) groups excluding carboxylic acids is 2. The first-order valence-electron chi connectivity index (χ1n) is 11.4. The summed E-state index contributed by atoms with van der Waals surface area (Å²) in [6.07, 6.45) is 3.95. The van der Waals surface area contributed by atoms with Crippen LogP contribution in [0.15, 0.2) is 67.1 Å². The zero-order valence-corrected chi connectivity index (χ0v) is 20.7. The topological polar surface area (TPSA) is 119 Å². The Bertz CT molecular complexity index is 1470. The van der Waals surface area contributed by atoms with Gasteiger partial charge in [-0.05, 0) is 68.8 Å². The summed E-state index contributed by atoms with van der Waals surface area (Å²) in [6, 6.07) is 13.6. The van der Waals surface area contributed by atoms with Crippen molar-refractivity contribution in [3.05, 3.63) is 83.9 Å². The van der Waals surface area contributed by atoms with Crippen LogP contribution < -0.4 is 10.6 Å². The molecular formula is C27H25FN6O3. The van der Waals surface area contributed by atoms with Gasteiger partial charge in [0.05, 0.1) is 18.5 Å². The van der Waals surface area contributed by atoms with Crippen LogP contribution in [0.4, 0.5) is 20.7 Å². The number of methoxy groups -OCH3 is 1. The average Bonchev–Trinajstić information content (AvgIpc) is 2.89. The van der Waals surface area contributed by atoms with Crippen LogP contribution in [0.2, 0.25) is 0 Å². The van der Waals surface area contributed by atoms with Crippen molar-refractivity contribution in [3.8, 4) is 22.6 Å². The van der Waals surface area contributed by atoms with Gasteiger partial charge < -0.3 is 10.1 Å². The monoisotopic (exact) mass is 500 g/mol. The van der Waals surface area contributed by atoms with Crippen molar-refractivity contribution in [2.45, 2.75) is 26.4 Å². The molecule has 1 aromatic carbocycles. The number of halogens is 1. The van der Waals surface area contributed by atoms with Crippen molar-refractivity contribution in [1.82, 2.24) is 19.9 Å². The van der Waals surface area contributed by atoms with Crippen molar-refractivity contribution >= 4 is 23.5 Å². The number of hydrogen-bond acceptors (Lipinski definition) is 7. The number of aromatic nitrogens is 4. The SMILES string of the molecule is COC(=O)Nc1cc(-c2nccc(-c3cc(NC(=O)c4ccnc(C(C)(C)F)c4)ccc3C)n2)ccn1. The Balaban J connectivity index is 1.60. The smallest absolute Gasteiger partial charge is 0.412 e. The second kappa shape index (κ2) is 10.5. The summed E-state index contributed by atoms with van der Waals surface area (Å²) >= 11 is 0. The molecule has 2 N–H and O–H groups in total. The highest BCUT2D eigenvalue weighted by atomic mass is 19.1. The van der Waals surface area contributed by atoms with E-state index in [9.17, 15) is 14.0 Å². The summed E-state index contributed by atoms with van der Waals surface area (Å²) in [5.41, 5.74) is 2.40. The number of ether oxygens (including phenoxy) is 1. The Morgan fingerprint density at radius 1 is 0.919 bits per heavy atom. The minimum Gasteiger partial charge on any atom is -0.453 e. The van der Waals surface area contributed by atoms with Crippen molar-refractivity contribution < 1.29 is 18.7 Å². The molecule has 0 aliphatic carbocycles.